The van der Waals surface area contributed by atoms with E-state index in [0.29, 0.717) is 35.1 Å². The highest BCUT2D eigenvalue weighted by atomic mass is 19.4. The van der Waals surface area contributed by atoms with Crippen LogP contribution in [0, 0.1) is 17.7 Å². The highest BCUT2D eigenvalue weighted by molar-refractivity contribution is 6.05. The average molecular weight is 534 g/mol. The van der Waals surface area contributed by atoms with Crippen LogP contribution in [0.15, 0.2) is 54.6 Å². The predicted octanol–water partition coefficient (Wildman–Crippen LogP) is 6.47. The second kappa shape index (κ2) is 11.3. The number of rotatable bonds is 8. The van der Waals surface area contributed by atoms with Gasteiger partial charge in [-0.3, -0.25) is 4.79 Å². The number of carboxylic acid groups (broad SMARTS) is 1. The van der Waals surface area contributed by atoms with Crippen molar-refractivity contribution in [3.63, 3.8) is 0 Å². The van der Waals surface area contributed by atoms with Crippen LogP contribution in [-0.2, 0) is 11.4 Å². The molecule has 38 heavy (non-hydrogen) atoms. The summed E-state index contributed by atoms with van der Waals surface area (Å²) in [6.45, 7) is 1.96. The molecule has 6 nitrogen and oxygen atoms in total. The van der Waals surface area contributed by atoms with Crippen LogP contribution in [0.1, 0.15) is 48.5 Å². The van der Waals surface area contributed by atoms with Gasteiger partial charge in [-0.2, -0.15) is 0 Å². The van der Waals surface area contributed by atoms with Gasteiger partial charge >= 0.3 is 12.3 Å². The van der Waals surface area contributed by atoms with Gasteiger partial charge in [0.1, 0.15) is 30.0 Å². The van der Waals surface area contributed by atoms with Gasteiger partial charge in [0.15, 0.2) is 0 Å². The number of hydrogen-bond acceptors (Lipinski definition) is 4. The second-order valence-electron chi connectivity index (χ2n) is 9.60. The Bertz CT molecular complexity index is 1300. The number of fused-ring (bicyclic) bond motifs is 1. The Balaban J connectivity index is 1.60. The number of carbonyl (C=O) groups is 2. The fourth-order valence-electron chi connectivity index (χ4n) is 4.76. The summed E-state index contributed by atoms with van der Waals surface area (Å²) in [4.78, 5) is 25.4. The molecule has 0 bridgehead atoms. The van der Waals surface area contributed by atoms with E-state index in [2.05, 4.69) is 17.0 Å². The van der Waals surface area contributed by atoms with E-state index in [4.69, 9.17) is 4.74 Å². The fourth-order valence-corrected chi connectivity index (χ4v) is 4.76. The molecule has 1 amide bonds. The lowest BCUT2D eigenvalue weighted by molar-refractivity contribution is -0.274. The first-order valence-corrected chi connectivity index (χ1v) is 12.2. The lowest BCUT2D eigenvalue weighted by Gasteiger charge is -2.31. The van der Waals surface area contributed by atoms with Crippen molar-refractivity contribution in [2.24, 2.45) is 11.8 Å². The van der Waals surface area contributed by atoms with E-state index in [1.165, 1.54) is 36.4 Å². The lowest BCUT2D eigenvalue weighted by Crippen LogP contribution is -2.47. The van der Waals surface area contributed by atoms with Gasteiger partial charge in [-0.15, -0.1) is 13.2 Å². The Morgan fingerprint density at radius 1 is 1.03 bits per heavy atom. The first-order chi connectivity index (χ1) is 18.0. The Kier molecular flexibility index (Phi) is 8.08. The van der Waals surface area contributed by atoms with Crippen molar-refractivity contribution in [3.05, 3.63) is 71.5 Å². The first-order valence-electron chi connectivity index (χ1n) is 12.2. The van der Waals surface area contributed by atoms with Gasteiger partial charge in [-0.25, -0.2) is 9.18 Å². The van der Waals surface area contributed by atoms with Crippen LogP contribution in [-0.4, -0.2) is 29.4 Å². The molecule has 0 radical (unpaired) electrons. The molecule has 2 N–H and O–H groups in total. The molecule has 3 aromatic rings. The number of halogens is 4. The number of carboxylic acids is 1. The molecule has 202 valence electrons. The van der Waals surface area contributed by atoms with Gasteiger partial charge in [0, 0.05) is 5.39 Å². The van der Waals surface area contributed by atoms with Gasteiger partial charge in [0.2, 0.25) is 0 Å². The summed E-state index contributed by atoms with van der Waals surface area (Å²) in [5, 5.41) is 13.3. The topological polar surface area (TPSA) is 84.9 Å². The van der Waals surface area contributed by atoms with Crippen LogP contribution in [0.25, 0.3) is 10.8 Å². The molecule has 1 atom stereocenters. The molecule has 10 heteroatoms. The summed E-state index contributed by atoms with van der Waals surface area (Å²) in [6, 6.07) is 11.0. The zero-order valence-corrected chi connectivity index (χ0v) is 20.6. The normalized spacial score (nSPS) is 18.6. The quantitative estimate of drug-likeness (QED) is 0.325. The van der Waals surface area contributed by atoms with E-state index in [0.717, 1.165) is 25.0 Å². The van der Waals surface area contributed by atoms with E-state index in [1.807, 2.05) is 0 Å². The van der Waals surface area contributed by atoms with Gasteiger partial charge in [-0.1, -0.05) is 44.0 Å². The number of benzene rings is 3. The van der Waals surface area contributed by atoms with Crippen LogP contribution >= 0.6 is 0 Å². The highest BCUT2D eigenvalue weighted by Gasteiger charge is 2.33. The summed E-state index contributed by atoms with van der Waals surface area (Å²) in [5.41, 5.74) is 0.495. The van der Waals surface area contributed by atoms with E-state index < -0.39 is 35.8 Å². The monoisotopic (exact) mass is 533 g/mol. The number of aliphatic carboxylic acids is 1. The Morgan fingerprint density at radius 2 is 1.68 bits per heavy atom. The maximum atomic E-state index is 14.1. The van der Waals surface area contributed by atoms with E-state index in [-0.39, 0.29) is 23.8 Å². The lowest BCUT2D eigenvalue weighted by atomic mass is 9.79. The molecule has 3 aromatic carbocycles. The van der Waals surface area contributed by atoms with Crippen LogP contribution in [0.4, 0.5) is 17.6 Å². The Morgan fingerprint density at radius 3 is 2.32 bits per heavy atom. The van der Waals surface area contributed by atoms with Crippen molar-refractivity contribution in [2.45, 2.75) is 51.6 Å². The minimum absolute atomic E-state index is 0.0237. The van der Waals surface area contributed by atoms with Crippen molar-refractivity contribution in [2.75, 3.05) is 0 Å². The molecule has 0 saturated heterocycles. The minimum Gasteiger partial charge on any atom is -0.487 e. The van der Waals surface area contributed by atoms with Crippen molar-refractivity contribution in [1.82, 2.24) is 5.32 Å². The Hall–Kier alpha value is -3.82. The maximum absolute atomic E-state index is 14.1. The maximum Gasteiger partial charge on any atom is 0.573 e. The van der Waals surface area contributed by atoms with Crippen molar-refractivity contribution in [3.8, 4) is 11.5 Å². The van der Waals surface area contributed by atoms with E-state index in [9.17, 15) is 32.3 Å². The van der Waals surface area contributed by atoms with Crippen molar-refractivity contribution < 1.29 is 41.7 Å². The third kappa shape index (κ3) is 6.73. The number of alkyl halides is 3. The number of amides is 1. The van der Waals surface area contributed by atoms with Crippen LogP contribution in [0.5, 0.6) is 11.5 Å². The molecule has 0 aromatic heterocycles. The van der Waals surface area contributed by atoms with Gasteiger partial charge in [0.25, 0.3) is 5.91 Å². The van der Waals surface area contributed by atoms with Gasteiger partial charge < -0.3 is 19.9 Å². The molecule has 0 heterocycles. The summed E-state index contributed by atoms with van der Waals surface area (Å²) in [6.07, 6.45) is -1.71. The molecule has 1 saturated carbocycles. The SMILES string of the molecule is CC1CCC([C@H](NC(=O)c2ccc3ccc(F)cc3c2OCc2ccc(OC(F)(F)F)cc2)C(=O)O)CC1. The summed E-state index contributed by atoms with van der Waals surface area (Å²) in [5.74, 6) is -2.44. The molecule has 1 fully saturated rings. The van der Waals surface area contributed by atoms with Crippen LogP contribution < -0.4 is 14.8 Å². The zero-order valence-electron chi connectivity index (χ0n) is 20.6. The number of nitrogens with one attached hydrogen (secondary N) is 1. The number of carbonyl (C=O) groups excluding carboxylic acids is 1. The van der Waals surface area contributed by atoms with E-state index in [1.54, 1.807) is 6.07 Å². The molecule has 0 unspecified atom stereocenters. The summed E-state index contributed by atoms with van der Waals surface area (Å²) in [7, 11) is 0. The molecular formula is C28H27F4NO5. The highest BCUT2D eigenvalue weighted by Crippen LogP contribution is 2.34. The number of ether oxygens (including phenoxy) is 2. The van der Waals surface area contributed by atoms with Crippen molar-refractivity contribution >= 4 is 22.6 Å². The summed E-state index contributed by atoms with van der Waals surface area (Å²) < 4.78 is 61.2. The second-order valence-corrected chi connectivity index (χ2v) is 9.60. The fraction of sp³-hybridized carbons (Fsp3) is 0.357. The van der Waals surface area contributed by atoms with Gasteiger partial charge in [-0.05, 0) is 66.0 Å². The molecule has 4 rings (SSSR count). The number of hydrogen-bond donors (Lipinski definition) is 2. The Labute approximate surface area is 216 Å². The van der Waals surface area contributed by atoms with Crippen molar-refractivity contribution in [1.29, 1.82) is 0 Å². The largest absolute Gasteiger partial charge is 0.573 e. The third-order valence-electron chi connectivity index (χ3n) is 6.80. The van der Waals surface area contributed by atoms with E-state index >= 15 is 0 Å². The van der Waals surface area contributed by atoms with Crippen LogP contribution in [0.2, 0.25) is 0 Å². The molecular weight excluding hydrogens is 506 g/mol. The zero-order chi connectivity index (χ0) is 27.4. The first kappa shape index (κ1) is 27.2. The third-order valence-corrected chi connectivity index (χ3v) is 6.80. The predicted molar refractivity (Wildman–Crippen MR) is 131 cm³/mol. The molecule has 1 aliphatic carbocycles. The summed E-state index contributed by atoms with van der Waals surface area (Å²) >= 11 is 0. The average Bonchev–Trinajstić information content (AvgIpc) is 2.86. The standard InChI is InChI=1S/C28H27F4NO5/c1-16-2-6-19(7-3-16)24(27(35)36)33-26(34)22-13-9-18-8-10-20(29)14-23(18)25(22)37-15-17-4-11-21(12-5-17)38-28(30,31)32/h4-5,8-14,16,19,24H,2-3,6-7,15H2,1H3,(H,33,34)(H,35,36)/t16?,19?,24-/m0/s1. The van der Waals surface area contributed by atoms with Gasteiger partial charge in [0.05, 0.1) is 5.56 Å². The molecule has 1 aliphatic rings. The minimum atomic E-state index is -4.82. The smallest absolute Gasteiger partial charge is 0.487 e. The molecule has 0 spiro atoms. The molecule has 0 aliphatic heterocycles. The van der Waals surface area contributed by atoms with Crippen LogP contribution in [0.3, 0.4) is 0 Å².